The Morgan fingerprint density at radius 3 is 2.76 bits per heavy atom. The van der Waals surface area contributed by atoms with Crippen LogP contribution in [0.1, 0.15) is 28.5 Å². The number of hydrogen-bond acceptors (Lipinski definition) is 7. The van der Waals surface area contributed by atoms with Gasteiger partial charge in [0.1, 0.15) is 17.3 Å². The van der Waals surface area contributed by atoms with Crippen LogP contribution in [-0.4, -0.2) is 40.5 Å². The number of aromatic hydroxyl groups is 1. The highest BCUT2D eigenvalue weighted by molar-refractivity contribution is 6.46. The summed E-state index contributed by atoms with van der Waals surface area (Å²) in [6.45, 7) is 0.571. The van der Waals surface area contributed by atoms with E-state index in [2.05, 4.69) is 0 Å². The van der Waals surface area contributed by atoms with Crippen LogP contribution < -0.4 is 9.47 Å². The van der Waals surface area contributed by atoms with Gasteiger partial charge in [-0.2, -0.15) is 0 Å². The first-order valence-electron chi connectivity index (χ1n) is 10.4. The van der Waals surface area contributed by atoms with Gasteiger partial charge in [-0.25, -0.2) is 0 Å². The highest BCUT2D eigenvalue weighted by Gasteiger charge is 2.46. The van der Waals surface area contributed by atoms with E-state index >= 15 is 0 Å². The van der Waals surface area contributed by atoms with Gasteiger partial charge in [-0.1, -0.05) is 6.07 Å². The second-order valence-electron chi connectivity index (χ2n) is 7.86. The van der Waals surface area contributed by atoms with Gasteiger partial charge in [-0.05, 0) is 53.6 Å². The number of phenols is 1. The minimum Gasteiger partial charge on any atom is -0.507 e. The fourth-order valence-corrected chi connectivity index (χ4v) is 4.33. The summed E-state index contributed by atoms with van der Waals surface area (Å²) in [5.74, 6) is -0.538. The number of furan rings is 1. The lowest BCUT2D eigenvalue weighted by atomic mass is 9.94. The van der Waals surface area contributed by atoms with Crippen LogP contribution in [-0.2, 0) is 22.6 Å². The van der Waals surface area contributed by atoms with Gasteiger partial charge in [0, 0.05) is 12.0 Å². The van der Waals surface area contributed by atoms with Gasteiger partial charge in [0.05, 0.1) is 38.1 Å². The number of amides is 1. The van der Waals surface area contributed by atoms with Crippen LogP contribution in [0, 0.1) is 0 Å². The molecule has 8 heteroatoms. The van der Waals surface area contributed by atoms with Crippen molar-refractivity contribution in [2.75, 3.05) is 13.7 Å². The van der Waals surface area contributed by atoms with Gasteiger partial charge in [0.2, 0.25) is 0 Å². The number of ketones is 1. The molecule has 1 unspecified atom stereocenters. The number of benzene rings is 2. The van der Waals surface area contributed by atoms with E-state index in [9.17, 15) is 19.8 Å². The summed E-state index contributed by atoms with van der Waals surface area (Å²) in [5.41, 5.74) is 1.72. The van der Waals surface area contributed by atoms with Crippen molar-refractivity contribution in [2.45, 2.75) is 19.0 Å². The Morgan fingerprint density at radius 1 is 1.18 bits per heavy atom. The minimum absolute atomic E-state index is 0.0177. The monoisotopic (exact) mass is 447 g/mol. The molecule has 1 atom stereocenters. The number of aliphatic hydroxyl groups is 1. The van der Waals surface area contributed by atoms with E-state index in [4.69, 9.17) is 13.9 Å². The van der Waals surface area contributed by atoms with E-state index in [1.807, 2.05) is 0 Å². The second kappa shape index (κ2) is 8.05. The van der Waals surface area contributed by atoms with Crippen molar-refractivity contribution in [3.05, 3.63) is 82.8 Å². The molecule has 2 aliphatic rings. The van der Waals surface area contributed by atoms with Crippen molar-refractivity contribution >= 4 is 17.4 Å². The molecule has 33 heavy (non-hydrogen) atoms. The molecule has 168 valence electrons. The van der Waals surface area contributed by atoms with E-state index in [1.54, 1.807) is 42.5 Å². The third-order valence-corrected chi connectivity index (χ3v) is 5.93. The Kier molecular flexibility index (Phi) is 5.05. The summed E-state index contributed by atoms with van der Waals surface area (Å²) < 4.78 is 16.0. The number of hydrogen-bond donors (Lipinski definition) is 2. The predicted molar refractivity (Wildman–Crippen MR) is 117 cm³/mol. The topological polar surface area (TPSA) is 109 Å². The van der Waals surface area contributed by atoms with Crippen molar-refractivity contribution in [3.8, 4) is 17.2 Å². The number of Topliss-reactive ketones (excluding diaryl/α,β-unsaturated/α-hetero) is 1. The fraction of sp³-hybridized carbons (Fsp3) is 0.200. The molecule has 3 heterocycles. The van der Waals surface area contributed by atoms with Crippen LogP contribution in [0.5, 0.6) is 17.2 Å². The molecule has 5 rings (SSSR count). The first-order valence-corrected chi connectivity index (χ1v) is 10.4. The van der Waals surface area contributed by atoms with Crippen molar-refractivity contribution in [1.29, 1.82) is 0 Å². The van der Waals surface area contributed by atoms with Crippen molar-refractivity contribution in [1.82, 2.24) is 4.90 Å². The van der Waals surface area contributed by atoms with Crippen molar-refractivity contribution in [3.63, 3.8) is 0 Å². The van der Waals surface area contributed by atoms with Gasteiger partial charge in [-0.15, -0.1) is 0 Å². The molecular formula is C25H21NO7. The lowest BCUT2D eigenvalue weighted by molar-refractivity contribution is -0.140. The summed E-state index contributed by atoms with van der Waals surface area (Å²) in [5, 5.41) is 21.6. The molecule has 8 nitrogen and oxygen atoms in total. The molecular weight excluding hydrogens is 426 g/mol. The number of ether oxygens (including phenoxy) is 2. The number of aliphatic hydroxyl groups excluding tert-OH is 1. The summed E-state index contributed by atoms with van der Waals surface area (Å²) in [7, 11) is 1.43. The van der Waals surface area contributed by atoms with Gasteiger partial charge in [-0.3, -0.25) is 9.59 Å². The Bertz CT molecular complexity index is 1280. The molecule has 0 radical (unpaired) electrons. The Labute approximate surface area is 189 Å². The molecule has 0 bridgehead atoms. The molecule has 2 aromatic carbocycles. The van der Waals surface area contributed by atoms with E-state index in [0.717, 1.165) is 11.3 Å². The number of phenolic OH excluding ortho intramolecular Hbond substituents is 1. The summed E-state index contributed by atoms with van der Waals surface area (Å²) >= 11 is 0. The number of rotatable bonds is 5. The van der Waals surface area contributed by atoms with E-state index in [1.165, 1.54) is 24.3 Å². The minimum atomic E-state index is -0.934. The third-order valence-electron chi connectivity index (χ3n) is 5.93. The number of likely N-dealkylation sites (tertiary alicyclic amines) is 1. The fourth-order valence-electron chi connectivity index (χ4n) is 4.33. The number of methoxy groups -OCH3 is 1. The average molecular weight is 447 g/mol. The van der Waals surface area contributed by atoms with Gasteiger partial charge < -0.3 is 29.0 Å². The van der Waals surface area contributed by atoms with Crippen LogP contribution >= 0.6 is 0 Å². The summed E-state index contributed by atoms with van der Waals surface area (Å²) in [6, 6.07) is 12.2. The molecule has 1 saturated heterocycles. The molecule has 0 aliphatic carbocycles. The maximum atomic E-state index is 13.1. The van der Waals surface area contributed by atoms with Crippen LogP contribution in [0.25, 0.3) is 5.76 Å². The zero-order valence-corrected chi connectivity index (χ0v) is 17.8. The third kappa shape index (κ3) is 3.49. The number of carbonyl (C=O) groups is 2. The van der Waals surface area contributed by atoms with Gasteiger partial charge in [0.15, 0.2) is 11.5 Å². The molecule has 3 aromatic rings. The molecule has 1 fully saturated rings. The Morgan fingerprint density at radius 2 is 2.03 bits per heavy atom. The van der Waals surface area contributed by atoms with Crippen LogP contribution in [0.3, 0.4) is 0 Å². The summed E-state index contributed by atoms with van der Waals surface area (Å²) in [4.78, 5) is 27.5. The van der Waals surface area contributed by atoms with Crippen molar-refractivity contribution < 1.29 is 33.7 Å². The van der Waals surface area contributed by atoms with E-state index in [-0.39, 0.29) is 29.4 Å². The summed E-state index contributed by atoms with van der Waals surface area (Å²) in [6.07, 6.45) is 2.17. The average Bonchev–Trinajstić information content (AvgIpc) is 3.55. The largest absolute Gasteiger partial charge is 0.507 e. The smallest absolute Gasteiger partial charge is 0.296 e. The zero-order chi connectivity index (χ0) is 23.1. The first-order chi connectivity index (χ1) is 16.0. The molecule has 1 amide bonds. The predicted octanol–water partition coefficient (Wildman–Crippen LogP) is 3.55. The quantitative estimate of drug-likeness (QED) is 0.350. The molecule has 0 saturated carbocycles. The number of fused-ring (bicyclic) bond motifs is 1. The maximum absolute atomic E-state index is 13.1. The van der Waals surface area contributed by atoms with Crippen LogP contribution in [0.15, 0.2) is 64.8 Å². The standard InChI is InChI=1S/C25H21NO7/c1-31-20-7-4-15(12-18(20)27)22-21(23(28)16-5-6-19-14(11-16)8-10-33-19)24(29)25(30)26(22)13-17-3-2-9-32-17/h2-7,9,11-12,22,27-28H,8,10,13H2,1H3/b23-21-. The van der Waals surface area contributed by atoms with Crippen molar-refractivity contribution in [2.24, 2.45) is 0 Å². The lowest BCUT2D eigenvalue weighted by Crippen LogP contribution is -2.29. The lowest BCUT2D eigenvalue weighted by Gasteiger charge is -2.25. The first kappa shape index (κ1) is 20.7. The van der Waals surface area contributed by atoms with E-state index in [0.29, 0.717) is 29.9 Å². The molecule has 1 aromatic heterocycles. The van der Waals surface area contributed by atoms with Gasteiger partial charge in [0.25, 0.3) is 11.7 Å². The zero-order valence-electron chi connectivity index (χ0n) is 17.8. The van der Waals surface area contributed by atoms with E-state index < -0.39 is 17.7 Å². The Hall–Kier alpha value is -4.20. The van der Waals surface area contributed by atoms with Crippen LogP contribution in [0.4, 0.5) is 0 Å². The number of carbonyl (C=O) groups excluding carboxylic acids is 2. The van der Waals surface area contributed by atoms with Crippen LogP contribution in [0.2, 0.25) is 0 Å². The number of nitrogens with zero attached hydrogens (tertiary/aromatic N) is 1. The SMILES string of the molecule is COc1ccc(C2/C(=C(/O)c3ccc4c(c3)CCO4)C(=O)C(=O)N2Cc2ccco2)cc1O. The van der Waals surface area contributed by atoms with Gasteiger partial charge >= 0.3 is 0 Å². The maximum Gasteiger partial charge on any atom is 0.296 e. The Balaban J connectivity index is 1.65. The normalized spacial score (nSPS) is 18.9. The molecule has 2 N–H and O–H groups in total. The highest BCUT2D eigenvalue weighted by atomic mass is 16.5. The highest BCUT2D eigenvalue weighted by Crippen LogP contribution is 2.43. The molecule has 2 aliphatic heterocycles. The molecule has 0 spiro atoms. The second-order valence-corrected chi connectivity index (χ2v) is 7.86.